The first-order valence-corrected chi connectivity index (χ1v) is 7.00. The fourth-order valence-electron chi connectivity index (χ4n) is 2.94. The molecule has 0 bridgehead atoms. The van der Waals surface area contributed by atoms with Gasteiger partial charge in [0.2, 0.25) is 5.91 Å². The molecule has 6 heteroatoms. The summed E-state index contributed by atoms with van der Waals surface area (Å²) in [5.74, 6) is 0.151. The van der Waals surface area contributed by atoms with Crippen LogP contribution in [-0.4, -0.2) is 65.8 Å². The second-order valence-electron chi connectivity index (χ2n) is 5.73. The van der Waals surface area contributed by atoms with E-state index in [1.165, 1.54) is 0 Å². The maximum atomic E-state index is 12.2. The van der Waals surface area contributed by atoms with Crippen LogP contribution in [0.4, 0.5) is 0 Å². The molecule has 2 rings (SSSR count). The Morgan fingerprint density at radius 2 is 2.40 bits per heavy atom. The second-order valence-corrected chi connectivity index (χ2v) is 5.73. The number of methoxy groups -OCH3 is 1. The minimum atomic E-state index is -0.193. The zero-order chi connectivity index (χ0) is 14.6. The summed E-state index contributed by atoms with van der Waals surface area (Å²) in [7, 11) is 5.31. The van der Waals surface area contributed by atoms with Crippen molar-refractivity contribution >= 4 is 5.91 Å². The van der Waals surface area contributed by atoms with Gasteiger partial charge in [0.05, 0.1) is 12.1 Å². The number of aromatic amines is 1. The fraction of sp³-hybridized carbons (Fsp3) is 0.714. The third-order valence-electron chi connectivity index (χ3n) is 4.05. The van der Waals surface area contributed by atoms with Crippen molar-refractivity contribution in [1.29, 1.82) is 0 Å². The van der Waals surface area contributed by atoms with Crippen LogP contribution in [0.5, 0.6) is 0 Å². The summed E-state index contributed by atoms with van der Waals surface area (Å²) in [6.07, 6.45) is 4.35. The molecule has 0 aliphatic carbocycles. The normalized spacial score (nSPS) is 23.1. The maximum absolute atomic E-state index is 12.2. The van der Waals surface area contributed by atoms with Gasteiger partial charge in [-0.25, -0.2) is 0 Å². The van der Waals surface area contributed by atoms with E-state index in [9.17, 15) is 4.79 Å². The average Bonchev–Trinajstić information content (AvgIpc) is 3.02. The molecule has 0 radical (unpaired) electrons. The van der Waals surface area contributed by atoms with Gasteiger partial charge in [-0.2, -0.15) is 5.10 Å². The van der Waals surface area contributed by atoms with Gasteiger partial charge < -0.3 is 9.64 Å². The average molecular weight is 280 g/mol. The van der Waals surface area contributed by atoms with E-state index in [4.69, 9.17) is 4.74 Å². The van der Waals surface area contributed by atoms with Crippen molar-refractivity contribution < 1.29 is 9.53 Å². The van der Waals surface area contributed by atoms with Crippen LogP contribution in [-0.2, 0) is 16.1 Å². The first-order chi connectivity index (χ1) is 9.57. The van der Waals surface area contributed by atoms with E-state index in [2.05, 4.69) is 15.1 Å². The van der Waals surface area contributed by atoms with Crippen LogP contribution in [0.1, 0.15) is 25.0 Å². The largest absolute Gasteiger partial charge is 0.383 e. The predicted molar refractivity (Wildman–Crippen MR) is 76.1 cm³/mol. The third kappa shape index (κ3) is 3.19. The molecule has 0 aromatic carbocycles. The topological polar surface area (TPSA) is 61.5 Å². The van der Waals surface area contributed by atoms with Gasteiger partial charge >= 0.3 is 0 Å². The van der Waals surface area contributed by atoms with Crippen molar-refractivity contribution in [3.8, 4) is 0 Å². The number of ether oxygens (including phenoxy) is 1. The van der Waals surface area contributed by atoms with Gasteiger partial charge in [0, 0.05) is 46.1 Å². The minimum absolute atomic E-state index is 0.151. The first-order valence-electron chi connectivity index (χ1n) is 7.00. The van der Waals surface area contributed by atoms with E-state index in [-0.39, 0.29) is 11.4 Å². The summed E-state index contributed by atoms with van der Waals surface area (Å²) in [6.45, 7) is 2.36. The Morgan fingerprint density at radius 3 is 3.00 bits per heavy atom. The van der Waals surface area contributed by atoms with E-state index in [0.717, 1.165) is 31.6 Å². The molecule has 1 aromatic rings. The lowest BCUT2D eigenvalue weighted by molar-refractivity contribution is -0.132. The molecule has 0 unspecified atom stereocenters. The van der Waals surface area contributed by atoms with Crippen molar-refractivity contribution in [3.63, 3.8) is 0 Å². The predicted octanol–water partition coefficient (Wildman–Crippen LogP) is 0.869. The van der Waals surface area contributed by atoms with Crippen molar-refractivity contribution in [2.45, 2.75) is 31.3 Å². The molecular formula is C14H24N4O2. The third-order valence-corrected chi connectivity index (χ3v) is 4.05. The van der Waals surface area contributed by atoms with Gasteiger partial charge in [-0.15, -0.1) is 0 Å². The molecule has 112 valence electrons. The van der Waals surface area contributed by atoms with Crippen molar-refractivity contribution in [2.75, 3.05) is 34.4 Å². The highest BCUT2D eigenvalue weighted by Crippen LogP contribution is 2.34. The molecule has 2 heterocycles. The Hall–Kier alpha value is -1.40. The molecule has 1 aromatic heterocycles. The van der Waals surface area contributed by atoms with Gasteiger partial charge in [0.25, 0.3) is 0 Å². The van der Waals surface area contributed by atoms with Gasteiger partial charge in [-0.1, -0.05) is 0 Å². The van der Waals surface area contributed by atoms with Gasteiger partial charge in [0.15, 0.2) is 0 Å². The zero-order valence-electron chi connectivity index (χ0n) is 12.6. The van der Waals surface area contributed by atoms with Crippen LogP contribution < -0.4 is 0 Å². The van der Waals surface area contributed by atoms with Crippen LogP contribution in [0.25, 0.3) is 0 Å². The SMILES string of the molecule is COC[C@]1(CC(=O)N(C)C)CCCN1Cc1ccn[nH]1. The van der Waals surface area contributed by atoms with E-state index in [1.807, 2.05) is 6.07 Å². The molecular weight excluding hydrogens is 256 g/mol. The molecule has 1 aliphatic rings. The molecule has 1 N–H and O–H groups in total. The van der Waals surface area contributed by atoms with E-state index < -0.39 is 0 Å². The fourth-order valence-corrected chi connectivity index (χ4v) is 2.94. The minimum Gasteiger partial charge on any atom is -0.383 e. The van der Waals surface area contributed by atoms with E-state index >= 15 is 0 Å². The molecule has 1 saturated heterocycles. The van der Waals surface area contributed by atoms with Crippen molar-refractivity contribution in [1.82, 2.24) is 20.0 Å². The Kier molecular flexibility index (Phi) is 4.77. The van der Waals surface area contributed by atoms with Gasteiger partial charge in [-0.3, -0.25) is 14.8 Å². The van der Waals surface area contributed by atoms with Crippen LogP contribution in [0.3, 0.4) is 0 Å². The van der Waals surface area contributed by atoms with Crippen molar-refractivity contribution in [3.05, 3.63) is 18.0 Å². The maximum Gasteiger partial charge on any atom is 0.224 e. The van der Waals surface area contributed by atoms with E-state index in [0.29, 0.717) is 13.0 Å². The summed E-state index contributed by atoms with van der Waals surface area (Å²) in [5, 5.41) is 6.98. The summed E-state index contributed by atoms with van der Waals surface area (Å²) in [6, 6.07) is 1.98. The number of likely N-dealkylation sites (tertiary alicyclic amines) is 1. The number of nitrogens with one attached hydrogen (secondary N) is 1. The number of carbonyl (C=O) groups is 1. The molecule has 20 heavy (non-hydrogen) atoms. The number of amides is 1. The summed E-state index contributed by atoms with van der Waals surface area (Å²) in [5.41, 5.74) is 0.881. The Balaban J connectivity index is 2.13. The number of hydrogen-bond acceptors (Lipinski definition) is 4. The zero-order valence-corrected chi connectivity index (χ0v) is 12.6. The summed E-state index contributed by atoms with van der Waals surface area (Å²) < 4.78 is 5.42. The van der Waals surface area contributed by atoms with Crippen LogP contribution in [0, 0.1) is 0 Å². The number of nitrogens with zero attached hydrogens (tertiary/aromatic N) is 3. The molecule has 1 aliphatic heterocycles. The Bertz CT molecular complexity index is 432. The Morgan fingerprint density at radius 1 is 1.60 bits per heavy atom. The Labute approximate surface area is 120 Å². The summed E-state index contributed by atoms with van der Waals surface area (Å²) in [4.78, 5) is 16.2. The van der Waals surface area contributed by atoms with Crippen LogP contribution in [0.2, 0.25) is 0 Å². The quantitative estimate of drug-likeness (QED) is 0.840. The van der Waals surface area contributed by atoms with Crippen LogP contribution >= 0.6 is 0 Å². The highest BCUT2D eigenvalue weighted by Gasteiger charge is 2.43. The number of aromatic nitrogens is 2. The highest BCUT2D eigenvalue weighted by atomic mass is 16.5. The van der Waals surface area contributed by atoms with Gasteiger partial charge in [-0.05, 0) is 25.5 Å². The van der Waals surface area contributed by atoms with Gasteiger partial charge in [0.1, 0.15) is 0 Å². The lowest BCUT2D eigenvalue weighted by Gasteiger charge is -2.38. The molecule has 1 atom stereocenters. The molecule has 6 nitrogen and oxygen atoms in total. The molecule has 1 fully saturated rings. The summed E-state index contributed by atoms with van der Waals surface area (Å²) >= 11 is 0. The molecule has 0 spiro atoms. The standard InChI is InChI=1S/C14H24N4O2/c1-17(2)13(19)9-14(11-20-3)6-4-8-18(14)10-12-5-7-15-16-12/h5,7H,4,6,8-11H2,1-3H3,(H,15,16)/t14-/m1/s1. The monoisotopic (exact) mass is 280 g/mol. The second kappa shape index (κ2) is 6.37. The highest BCUT2D eigenvalue weighted by molar-refractivity contribution is 5.77. The van der Waals surface area contributed by atoms with Crippen LogP contribution in [0.15, 0.2) is 12.3 Å². The number of rotatable bonds is 6. The van der Waals surface area contributed by atoms with Crippen molar-refractivity contribution in [2.24, 2.45) is 0 Å². The smallest absolute Gasteiger partial charge is 0.224 e. The first kappa shape index (κ1) is 15.0. The number of carbonyl (C=O) groups excluding carboxylic acids is 1. The lowest BCUT2D eigenvalue weighted by Crippen LogP contribution is -2.50. The van der Waals surface area contributed by atoms with E-state index in [1.54, 1.807) is 32.3 Å². The lowest BCUT2D eigenvalue weighted by atomic mass is 9.92. The number of hydrogen-bond donors (Lipinski definition) is 1. The number of H-pyrrole nitrogens is 1. The molecule has 1 amide bonds. The molecule has 0 saturated carbocycles.